The Hall–Kier alpha value is -3.06. The largest absolute Gasteiger partial charge is 0.303 e. The van der Waals surface area contributed by atoms with Gasteiger partial charge in [0.2, 0.25) is 5.95 Å². The summed E-state index contributed by atoms with van der Waals surface area (Å²) < 4.78 is 5.78. The molecule has 0 bridgehead atoms. The van der Waals surface area contributed by atoms with E-state index in [4.69, 9.17) is 0 Å². The van der Waals surface area contributed by atoms with E-state index in [-0.39, 0.29) is 11.9 Å². The molecule has 0 unspecified atom stereocenters. The summed E-state index contributed by atoms with van der Waals surface area (Å²) in [5.41, 5.74) is 2.94. The minimum Gasteiger partial charge on any atom is -0.303 e. The number of para-hydroxylation sites is 2. The van der Waals surface area contributed by atoms with E-state index in [0.29, 0.717) is 10.8 Å². The number of amides is 1. The number of aromatic nitrogens is 4. The van der Waals surface area contributed by atoms with Crippen molar-refractivity contribution in [1.29, 1.82) is 0 Å². The first-order valence-corrected chi connectivity index (χ1v) is 8.62. The predicted octanol–water partition coefficient (Wildman–Crippen LogP) is 3.75. The van der Waals surface area contributed by atoms with Crippen molar-refractivity contribution in [3.05, 3.63) is 71.2 Å². The molecule has 4 rings (SSSR count). The Balaban J connectivity index is 1.80. The molecule has 2 aromatic carbocycles. The number of fused-ring (bicyclic) bond motifs is 1. The zero-order valence-corrected chi connectivity index (χ0v) is 14.3. The molecule has 0 aliphatic rings. The molecule has 2 heterocycles. The molecule has 1 N–H and O–H groups in total. The predicted molar refractivity (Wildman–Crippen MR) is 97.9 cm³/mol. The summed E-state index contributed by atoms with van der Waals surface area (Å²) in [5, 5.41) is 6.61. The summed E-state index contributed by atoms with van der Waals surface area (Å²) >= 11 is 1.06. The number of nitrogens with zero attached hydrogens (tertiary/aromatic N) is 4. The van der Waals surface area contributed by atoms with Crippen molar-refractivity contribution < 1.29 is 4.79 Å². The minimum absolute atomic E-state index is 0.0171. The lowest BCUT2D eigenvalue weighted by molar-refractivity contribution is 0.102. The average molecular weight is 349 g/mol. The Bertz CT molecular complexity index is 1010. The van der Waals surface area contributed by atoms with Gasteiger partial charge < -0.3 is 4.57 Å². The van der Waals surface area contributed by atoms with Gasteiger partial charge in [-0.05, 0) is 36.2 Å². The summed E-state index contributed by atoms with van der Waals surface area (Å²) in [4.78, 5) is 17.5. The van der Waals surface area contributed by atoms with Gasteiger partial charge in [-0.1, -0.05) is 47.0 Å². The van der Waals surface area contributed by atoms with Gasteiger partial charge in [-0.25, -0.2) is 4.98 Å². The maximum atomic E-state index is 12.4. The fraction of sp³-hybridized carbons (Fsp3) is 0.111. The lowest BCUT2D eigenvalue weighted by atomic mass is 10.1. The molecule has 0 fully saturated rings. The van der Waals surface area contributed by atoms with Gasteiger partial charge in [0.25, 0.3) is 5.91 Å². The van der Waals surface area contributed by atoms with Crippen LogP contribution in [0.2, 0.25) is 0 Å². The van der Waals surface area contributed by atoms with Gasteiger partial charge in [-0.15, -0.1) is 5.10 Å². The van der Waals surface area contributed by atoms with Crippen LogP contribution in [0, 0.1) is 0 Å². The highest BCUT2D eigenvalue weighted by molar-refractivity contribution is 7.07. The van der Waals surface area contributed by atoms with Gasteiger partial charge in [0, 0.05) is 0 Å². The second-order valence-electron chi connectivity index (χ2n) is 5.62. The first-order chi connectivity index (χ1) is 12.2. The molecule has 7 heteroatoms. The van der Waals surface area contributed by atoms with Crippen LogP contribution < -0.4 is 5.32 Å². The SMILES string of the molecule is C[C@@H](c1ccccc1)n1c(NC(=O)c2cnns2)nc2ccccc21. The molecule has 0 saturated heterocycles. The van der Waals surface area contributed by atoms with Crippen molar-refractivity contribution in [2.24, 2.45) is 0 Å². The third-order valence-corrected chi connectivity index (χ3v) is 4.74. The van der Waals surface area contributed by atoms with Crippen LogP contribution in [-0.4, -0.2) is 25.0 Å². The van der Waals surface area contributed by atoms with Crippen molar-refractivity contribution >= 4 is 34.4 Å². The summed E-state index contributed by atoms with van der Waals surface area (Å²) in [6, 6.07) is 18.0. The van der Waals surface area contributed by atoms with Crippen LogP contribution in [0.1, 0.15) is 28.2 Å². The fourth-order valence-corrected chi connectivity index (χ4v) is 3.25. The quantitative estimate of drug-likeness (QED) is 0.609. The number of hydrogen-bond acceptors (Lipinski definition) is 5. The first kappa shape index (κ1) is 15.5. The monoisotopic (exact) mass is 349 g/mol. The van der Waals surface area contributed by atoms with E-state index in [0.717, 1.165) is 28.1 Å². The minimum atomic E-state index is -0.258. The van der Waals surface area contributed by atoms with E-state index in [9.17, 15) is 4.79 Å². The van der Waals surface area contributed by atoms with Gasteiger partial charge in [0.15, 0.2) is 0 Å². The van der Waals surface area contributed by atoms with Crippen LogP contribution in [0.4, 0.5) is 5.95 Å². The molecule has 0 saturated carbocycles. The van der Waals surface area contributed by atoms with Crippen LogP contribution in [-0.2, 0) is 0 Å². The summed E-state index contributed by atoms with van der Waals surface area (Å²) in [5.74, 6) is 0.253. The lowest BCUT2D eigenvalue weighted by Gasteiger charge is -2.18. The summed E-state index contributed by atoms with van der Waals surface area (Å²) in [7, 11) is 0. The number of rotatable bonds is 4. The molecule has 25 heavy (non-hydrogen) atoms. The van der Waals surface area contributed by atoms with Gasteiger partial charge in [-0.2, -0.15) is 0 Å². The van der Waals surface area contributed by atoms with E-state index in [1.54, 1.807) is 0 Å². The number of imidazole rings is 1. The molecule has 0 spiro atoms. The van der Waals surface area contributed by atoms with Crippen molar-refractivity contribution in [2.45, 2.75) is 13.0 Å². The van der Waals surface area contributed by atoms with Crippen molar-refractivity contribution in [1.82, 2.24) is 19.1 Å². The Morgan fingerprint density at radius 1 is 1.12 bits per heavy atom. The molecule has 0 radical (unpaired) electrons. The molecule has 0 aliphatic carbocycles. The number of anilines is 1. The van der Waals surface area contributed by atoms with Crippen molar-refractivity contribution in [3.63, 3.8) is 0 Å². The maximum absolute atomic E-state index is 12.4. The van der Waals surface area contributed by atoms with Crippen LogP contribution >= 0.6 is 11.5 Å². The van der Waals surface area contributed by atoms with Gasteiger partial charge in [0.1, 0.15) is 4.88 Å². The second-order valence-corrected chi connectivity index (χ2v) is 6.40. The van der Waals surface area contributed by atoms with Crippen LogP contribution in [0.25, 0.3) is 11.0 Å². The summed E-state index contributed by atoms with van der Waals surface area (Å²) in [6.07, 6.45) is 1.45. The van der Waals surface area contributed by atoms with E-state index >= 15 is 0 Å². The average Bonchev–Trinajstić information content (AvgIpc) is 3.29. The van der Waals surface area contributed by atoms with Crippen LogP contribution in [0.5, 0.6) is 0 Å². The molecule has 2 aromatic heterocycles. The highest BCUT2D eigenvalue weighted by atomic mass is 32.1. The molecular weight excluding hydrogens is 334 g/mol. The highest BCUT2D eigenvalue weighted by Crippen LogP contribution is 2.28. The highest BCUT2D eigenvalue weighted by Gasteiger charge is 2.20. The van der Waals surface area contributed by atoms with Gasteiger partial charge >= 0.3 is 0 Å². The van der Waals surface area contributed by atoms with Gasteiger partial charge in [0.05, 0.1) is 23.3 Å². The van der Waals surface area contributed by atoms with E-state index in [2.05, 4.69) is 38.9 Å². The summed E-state index contributed by atoms with van der Waals surface area (Å²) in [6.45, 7) is 2.09. The van der Waals surface area contributed by atoms with Crippen molar-refractivity contribution in [3.8, 4) is 0 Å². The van der Waals surface area contributed by atoms with E-state index in [1.807, 2.05) is 47.0 Å². The second kappa shape index (κ2) is 6.45. The topological polar surface area (TPSA) is 72.7 Å². The molecule has 124 valence electrons. The maximum Gasteiger partial charge on any atom is 0.271 e. The molecule has 6 nitrogen and oxygen atoms in total. The Morgan fingerprint density at radius 3 is 2.64 bits per heavy atom. The molecule has 0 aliphatic heterocycles. The smallest absolute Gasteiger partial charge is 0.271 e. The number of benzene rings is 2. The number of carbonyl (C=O) groups excluding carboxylic acids is 1. The fourth-order valence-electron chi connectivity index (χ4n) is 2.84. The first-order valence-electron chi connectivity index (χ1n) is 7.84. The molecule has 1 atom stereocenters. The zero-order valence-electron chi connectivity index (χ0n) is 13.5. The normalized spacial score (nSPS) is 12.2. The zero-order chi connectivity index (χ0) is 17.2. The number of hydrogen-bond donors (Lipinski definition) is 1. The molecule has 4 aromatic rings. The molecule has 1 amide bonds. The molecular formula is C18H15N5OS. The Kier molecular flexibility index (Phi) is 3.99. The van der Waals surface area contributed by atoms with Crippen molar-refractivity contribution in [2.75, 3.05) is 5.32 Å². The third kappa shape index (κ3) is 2.89. The van der Waals surface area contributed by atoms with Gasteiger partial charge in [-0.3, -0.25) is 10.1 Å². The number of nitrogens with one attached hydrogen (secondary N) is 1. The van der Waals surface area contributed by atoms with E-state index in [1.165, 1.54) is 6.20 Å². The Labute approximate surface area is 148 Å². The van der Waals surface area contributed by atoms with Crippen LogP contribution in [0.15, 0.2) is 60.8 Å². The van der Waals surface area contributed by atoms with Crippen LogP contribution in [0.3, 0.4) is 0 Å². The number of carbonyl (C=O) groups is 1. The van der Waals surface area contributed by atoms with E-state index < -0.39 is 0 Å². The third-order valence-electron chi connectivity index (χ3n) is 4.08. The Morgan fingerprint density at radius 2 is 1.88 bits per heavy atom. The lowest BCUT2D eigenvalue weighted by Crippen LogP contribution is -2.17. The standard InChI is InChI=1S/C18H15N5OS/c1-12(13-7-3-2-4-8-13)23-15-10-6-5-9-14(15)20-18(23)21-17(24)16-11-19-22-25-16/h2-12H,1H3,(H,20,21,24)/t12-/m0/s1.